The fourth-order valence-corrected chi connectivity index (χ4v) is 2.56. The third-order valence-electron chi connectivity index (χ3n) is 2.18. The van der Waals surface area contributed by atoms with E-state index in [1.165, 1.54) is 22.0 Å². The lowest BCUT2D eigenvalue weighted by Crippen LogP contribution is -2.29. The van der Waals surface area contributed by atoms with E-state index >= 15 is 0 Å². The number of halogens is 1. The maximum atomic E-state index is 11.6. The summed E-state index contributed by atoms with van der Waals surface area (Å²) in [5, 5.41) is 0. The summed E-state index contributed by atoms with van der Waals surface area (Å²) in [4.78, 5) is 25.9. The zero-order chi connectivity index (χ0) is 11.7. The summed E-state index contributed by atoms with van der Waals surface area (Å²) in [6.45, 7) is 2.35. The third-order valence-corrected chi connectivity index (χ3v) is 3.43. The molecular formula is C10H9ClN2O2S. The van der Waals surface area contributed by atoms with Gasteiger partial charge in [-0.1, -0.05) is 11.6 Å². The summed E-state index contributed by atoms with van der Waals surface area (Å²) < 4.78 is 2.13. The number of H-pyrrole nitrogens is 1. The lowest BCUT2D eigenvalue weighted by atomic mass is 10.3. The van der Waals surface area contributed by atoms with Crippen molar-refractivity contribution in [2.45, 2.75) is 13.5 Å². The van der Waals surface area contributed by atoms with E-state index in [4.69, 9.17) is 11.6 Å². The highest BCUT2D eigenvalue weighted by Gasteiger charge is 2.08. The van der Waals surface area contributed by atoms with Gasteiger partial charge in [0.05, 0.1) is 14.9 Å². The van der Waals surface area contributed by atoms with E-state index < -0.39 is 11.2 Å². The highest BCUT2D eigenvalue weighted by atomic mass is 35.5. The Morgan fingerprint density at radius 3 is 2.75 bits per heavy atom. The van der Waals surface area contributed by atoms with Gasteiger partial charge in [0, 0.05) is 12.6 Å². The SMILES string of the molecule is CCn1c(-c2ccc(Cl)s2)cc(=O)[nH]c1=O. The van der Waals surface area contributed by atoms with Crippen LogP contribution in [0, 0.1) is 0 Å². The first-order chi connectivity index (χ1) is 7.61. The Morgan fingerprint density at radius 2 is 2.19 bits per heavy atom. The zero-order valence-corrected chi connectivity index (χ0v) is 10.1. The molecule has 84 valence electrons. The standard InChI is InChI=1S/C10H9ClN2O2S/c1-2-13-6(5-9(14)12-10(13)15)7-3-4-8(11)16-7/h3-5H,2H2,1H3,(H,12,14,15). The molecule has 0 aromatic carbocycles. The minimum Gasteiger partial charge on any atom is -0.293 e. The zero-order valence-electron chi connectivity index (χ0n) is 8.49. The first-order valence-corrected chi connectivity index (χ1v) is 5.91. The fraction of sp³-hybridized carbons (Fsp3) is 0.200. The van der Waals surface area contributed by atoms with E-state index in [0.717, 1.165) is 4.88 Å². The fourth-order valence-electron chi connectivity index (χ4n) is 1.49. The summed E-state index contributed by atoms with van der Waals surface area (Å²) >= 11 is 7.17. The molecular weight excluding hydrogens is 248 g/mol. The van der Waals surface area contributed by atoms with Gasteiger partial charge in [0.2, 0.25) is 0 Å². The van der Waals surface area contributed by atoms with Crippen LogP contribution in [-0.2, 0) is 6.54 Å². The summed E-state index contributed by atoms with van der Waals surface area (Å²) in [6, 6.07) is 4.95. The van der Waals surface area contributed by atoms with Crippen molar-refractivity contribution in [3.63, 3.8) is 0 Å². The minimum atomic E-state index is -0.394. The van der Waals surface area contributed by atoms with Crippen LogP contribution in [-0.4, -0.2) is 9.55 Å². The van der Waals surface area contributed by atoms with Gasteiger partial charge in [-0.15, -0.1) is 11.3 Å². The van der Waals surface area contributed by atoms with Crippen LogP contribution in [0.3, 0.4) is 0 Å². The average Bonchev–Trinajstić information content (AvgIpc) is 2.63. The minimum absolute atomic E-state index is 0.394. The van der Waals surface area contributed by atoms with Crippen LogP contribution < -0.4 is 11.2 Å². The summed E-state index contributed by atoms with van der Waals surface area (Å²) in [5.41, 5.74) is -0.183. The molecule has 0 aliphatic heterocycles. The first kappa shape index (κ1) is 11.2. The van der Waals surface area contributed by atoms with Gasteiger partial charge in [-0.2, -0.15) is 0 Å². The van der Waals surface area contributed by atoms with Crippen LogP contribution in [0.5, 0.6) is 0 Å². The molecule has 0 spiro atoms. The molecule has 1 N–H and O–H groups in total. The smallest absolute Gasteiger partial charge is 0.293 e. The molecule has 0 saturated heterocycles. The highest BCUT2D eigenvalue weighted by Crippen LogP contribution is 2.29. The number of thiophene rings is 1. The highest BCUT2D eigenvalue weighted by molar-refractivity contribution is 7.19. The van der Waals surface area contributed by atoms with Gasteiger partial charge in [-0.25, -0.2) is 4.79 Å². The molecule has 2 heterocycles. The van der Waals surface area contributed by atoms with Gasteiger partial charge in [0.25, 0.3) is 5.56 Å². The lowest BCUT2D eigenvalue weighted by Gasteiger charge is -2.07. The molecule has 2 aromatic heterocycles. The molecule has 0 aliphatic carbocycles. The molecule has 0 saturated carbocycles. The van der Waals surface area contributed by atoms with E-state index in [-0.39, 0.29) is 0 Å². The third kappa shape index (κ3) is 1.96. The second-order valence-electron chi connectivity index (χ2n) is 3.17. The van der Waals surface area contributed by atoms with E-state index in [1.807, 2.05) is 6.92 Å². The number of rotatable bonds is 2. The largest absolute Gasteiger partial charge is 0.328 e. The predicted molar refractivity (Wildman–Crippen MR) is 65.3 cm³/mol. The van der Waals surface area contributed by atoms with Crippen LogP contribution in [0.1, 0.15) is 6.92 Å². The van der Waals surface area contributed by atoms with Crippen molar-refractivity contribution < 1.29 is 0 Å². The Kier molecular flexibility index (Phi) is 2.98. The number of aromatic nitrogens is 2. The number of nitrogens with one attached hydrogen (secondary N) is 1. The normalized spacial score (nSPS) is 10.6. The van der Waals surface area contributed by atoms with Crippen molar-refractivity contribution in [1.82, 2.24) is 9.55 Å². The molecule has 16 heavy (non-hydrogen) atoms. The van der Waals surface area contributed by atoms with Crippen molar-refractivity contribution in [3.05, 3.63) is 43.4 Å². The van der Waals surface area contributed by atoms with Crippen molar-refractivity contribution in [2.24, 2.45) is 0 Å². The van der Waals surface area contributed by atoms with Crippen molar-refractivity contribution in [3.8, 4) is 10.6 Å². The Labute approximate surface area is 100 Å². The summed E-state index contributed by atoms with van der Waals surface area (Å²) in [5.74, 6) is 0. The first-order valence-electron chi connectivity index (χ1n) is 4.71. The van der Waals surface area contributed by atoms with Crippen LogP contribution in [0.25, 0.3) is 10.6 Å². The molecule has 0 bridgehead atoms. The Hall–Kier alpha value is -1.33. The molecule has 0 unspecified atom stereocenters. The van der Waals surface area contributed by atoms with Crippen LogP contribution >= 0.6 is 22.9 Å². The Morgan fingerprint density at radius 1 is 1.44 bits per heavy atom. The van der Waals surface area contributed by atoms with Crippen molar-refractivity contribution in [2.75, 3.05) is 0 Å². The molecule has 0 amide bonds. The van der Waals surface area contributed by atoms with Crippen molar-refractivity contribution in [1.29, 1.82) is 0 Å². The maximum Gasteiger partial charge on any atom is 0.328 e. The van der Waals surface area contributed by atoms with Gasteiger partial charge in [-0.05, 0) is 19.1 Å². The molecule has 2 rings (SSSR count). The molecule has 4 nitrogen and oxygen atoms in total. The quantitative estimate of drug-likeness (QED) is 0.893. The lowest BCUT2D eigenvalue weighted by molar-refractivity contribution is 0.703. The van der Waals surface area contributed by atoms with E-state index in [2.05, 4.69) is 4.98 Å². The predicted octanol–water partition coefficient (Wildman–Crippen LogP) is 1.94. The second-order valence-corrected chi connectivity index (χ2v) is 4.89. The van der Waals surface area contributed by atoms with Gasteiger partial charge in [0.15, 0.2) is 0 Å². The summed E-state index contributed by atoms with van der Waals surface area (Å²) in [6.07, 6.45) is 0. The maximum absolute atomic E-state index is 11.6. The van der Waals surface area contributed by atoms with Crippen molar-refractivity contribution >= 4 is 22.9 Å². The van der Waals surface area contributed by atoms with E-state index in [1.54, 1.807) is 12.1 Å². The van der Waals surface area contributed by atoms with Crippen LogP contribution in [0.4, 0.5) is 0 Å². The van der Waals surface area contributed by atoms with Gasteiger partial charge >= 0.3 is 5.69 Å². The molecule has 0 fully saturated rings. The van der Waals surface area contributed by atoms with Crippen LogP contribution in [0.2, 0.25) is 4.34 Å². The summed E-state index contributed by atoms with van der Waals surface area (Å²) in [7, 11) is 0. The number of aromatic amines is 1. The average molecular weight is 257 g/mol. The molecule has 2 aromatic rings. The molecule has 6 heteroatoms. The van der Waals surface area contributed by atoms with Gasteiger partial charge in [0.1, 0.15) is 0 Å². The molecule has 0 atom stereocenters. The number of hydrogen-bond acceptors (Lipinski definition) is 3. The topological polar surface area (TPSA) is 54.9 Å². The number of nitrogens with zero attached hydrogens (tertiary/aromatic N) is 1. The Bertz CT molecular complexity index is 626. The second kappa shape index (κ2) is 4.27. The van der Waals surface area contributed by atoms with E-state index in [0.29, 0.717) is 16.6 Å². The van der Waals surface area contributed by atoms with Gasteiger partial charge in [-0.3, -0.25) is 14.3 Å². The Balaban J connectivity index is 2.73. The molecule has 0 aliphatic rings. The van der Waals surface area contributed by atoms with Gasteiger partial charge < -0.3 is 0 Å². The monoisotopic (exact) mass is 256 g/mol. The number of hydrogen-bond donors (Lipinski definition) is 1. The molecule has 0 radical (unpaired) electrons. The van der Waals surface area contributed by atoms with Crippen LogP contribution in [0.15, 0.2) is 27.8 Å². The van der Waals surface area contributed by atoms with E-state index in [9.17, 15) is 9.59 Å².